The van der Waals surface area contributed by atoms with Gasteiger partial charge in [0.05, 0.1) is 22.0 Å². The standard InChI is InChI=1S/C14H16Br2N2O/c1-8-6-10(4-5-11(8)15)13(19)7-12-14(16)9(2)17-18(12)3/h4-6,13,19H,7H2,1-3H3. The third kappa shape index (κ3) is 3.09. The van der Waals surface area contributed by atoms with Gasteiger partial charge in [-0.1, -0.05) is 28.1 Å². The van der Waals surface area contributed by atoms with Crippen LogP contribution in [-0.4, -0.2) is 14.9 Å². The maximum Gasteiger partial charge on any atom is 0.0845 e. The predicted molar refractivity (Wildman–Crippen MR) is 83.2 cm³/mol. The third-order valence-electron chi connectivity index (χ3n) is 3.22. The van der Waals surface area contributed by atoms with Gasteiger partial charge in [0.25, 0.3) is 0 Å². The highest BCUT2D eigenvalue weighted by Crippen LogP contribution is 2.27. The Kier molecular flexibility index (Phi) is 4.48. The number of rotatable bonds is 3. The number of aliphatic hydroxyl groups excluding tert-OH is 1. The van der Waals surface area contributed by atoms with Crippen LogP contribution < -0.4 is 0 Å². The van der Waals surface area contributed by atoms with Gasteiger partial charge >= 0.3 is 0 Å². The lowest BCUT2D eigenvalue weighted by atomic mass is 10.0. The van der Waals surface area contributed by atoms with Crippen molar-refractivity contribution >= 4 is 31.9 Å². The van der Waals surface area contributed by atoms with E-state index < -0.39 is 6.10 Å². The first kappa shape index (κ1) is 14.8. The van der Waals surface area contributed by atoms with E-state index in [-0.39, 0.29) is 0 Å². The quantitative estimate of drug-likeness (QED) is 0.868. The van der Waals surface area contributed by atoms with E-state index in [1.165, 1.54) is 0 Å². The number of aromatic nitrogens is 2. The molecule has 1 N–H and O–H groups in total. The second-order valence-corrected chi connectivity index (χ2v) is 6.35. The summed E-state index contributed by atoms with van der Waals surface area (Å²) >= 11 is 6.99. The lowest BCUT2D eigenvalue weighted by Gasteiger charge is -2.13. The molecule has 1 unspecified atom stereocenters. The van der Waals surface area contributed by atoms with Crippen molar-refractivity contribution in [3.8, 4) is 0 Å². The van der Waals surface area contributed by atoms with E-state index in [0.717, 1.165) is 31.5 Å². The Bertz CT molecular complexity index is 608. The molecule has 2 rings (SSSR count). The Morgan fingerprint density at radius 3 is 2.53 bits per heavy atom. The number of aliphatic hydroxyl groups is 1. The molecule has 1 atom stereocenters. The molecule has 102 valence electrons. The Balaban J connectivity index is 2.25. The molecule has 0 aliphatic carbocycles. The molecule has 3 nitrogen and oxygen atoms in total. The highest BCUT2D eigenvalue weighted by atomic mass is 79.9. The van der Waals surface area contributed by atoms with Crippen LogP contribution in [0.25, 0.3) is 0 Å². The van der Waals surface area contributed by atoms with Crippen molar-refractivity contribution in [2.45, 2.75) is 26.4 Å². The van der Waals surface area contributed by atoms with Crippen LogP contribution in [0, 0.1) is 13.8 Å². The van der Waals surface area contributed by atoms with Gasteiger partial charge in [-0.25, -0.2) is 0 Å². The predicted octanol–water partition coefficient (Wildman–Crippen LogP) is 3.84. The number of benzene rings is 1. The molecule has 0 saturated carbocycles. The van der Waals surface area contributed by atoms with Crippen molar-refractivity contribution in [3.63, 3.8) is 0 Å². The van der Waals surface area contributed by atoms with Gasteiger partial charge in [0.2, 0.25) is 0 Å². The minimum Gasteiger partial charge on any atom is -0.388 e. The fraction of sp³-hybridized carbons (Fsp3) is 0.357. The summed E-state index contributed by atoms with van der Waals surface area (Å²) in [7, 11) is 1.90. The zero-order valence-electron chi connectivity index (χ0n) is 11.1. The summed E-state index contributed by atoms with van der Waals surface area (Å²) in [5.74, 6) is 0. The first-order valence-corrected chi connectivity index (χ1v) is 7.61. The van der Waals surface area contributed by atoms with Gasteiger partial charge in [0.1, 0.15) is 0 Å². The second kappa shape index (κ2) is 5.77. The van der Waals surface area contributed by atoms with E-state index in [1.54, 1.807) is 0 Å². The van der Waals surface area contributed by atoms with Crippen molar-refractivity contribution in [1.29, 1.82) is 0 Å². The highest BCUT2D eigenvalue weighted by molar-refractivity contribution is 9.10. The molecule has 1 heterocycles. The van der Waals surface area contributed by atoms with E-state index >= 15 is 0 Å². The smallest absolute Gasteiger partial charge is 0.0845 e. The Hall–Kier alpha value is -0.650. The molecule has 0 aliphatic rings. The molecule has 5 heteroatoms. The summed E-state index contributed by atoms with van der Waals surface area (Å²) < 4.78 is 3.85. The van der Waals surface area contributed by atoms with Gasteiger partial charge in [0, 0.05) is 17.9 Å². The van der Waals surface area contributed by atoms with Crippen LogP contribution in [0.1, 0.15) is 28.6 Å². The van der Waals surface area contributed by atoms with Crippen molar-refractivity contribution in [2.24, 2.45) is 7.05 Å². The second-order valence-electron chi connectivity index (χ2n) is 4.70. The van der Waals surface area contributed by atoms with E-state index in [1.807, 2.05) is 43.8 Å². The van der Waals surface area contributed by atoms with Gasteiger partial charge in [-0.3, -0.25) is 4.68 Å². The van der Waals surface area contributed by atoms with Gasteiger partial charge in [0.15, 0.2) is 0 Å². The lowest BCUT2D eigenvalue weighted by molar-refractivity contribution is 0.175. The van der Waals surface area contributed by atoms with Crippen LogP contribution in [0.4, 0.5) is 0 Å². The van der Waals surface area contributed by atoms with E-state index in [0.29, 0.717) is 6.42 Å². The molecule has 1 aromatic carbocycles. The van der Waals surface area contributed by atoms with Crippen LogP contribution in [0.3, 0.4) is 0 Å². The van der Waals surface area contributed by atoms with Crippen LogP contribution in [0.15, 0.2) is 27.1 Å². The molecule has 0 fully saturated rings. The van der Waals surface area contributed by atoms with Crippen molar-refractivity contribution in [3.05, 3.63) is 49.7 Å². The third-order valence-corrected chi connectivity index (χ3v) is 5.14. The zero-order valence-corrected chi connectivity index (χ0v) is 14.3. The lowest BCUT2D eigenvalue weighted by Crippen LogP contribution is -2.07. The van der Waals surface area contributed by atoms with Gasteiger partial charge in [-0.2, -0.15) is 5.10 Å². The van der Waals surface area contributed by atoms with Crippen molar-refractivity contribution < 1.29 is 5.11 Å². The first-order valence-electron chi connectivity index (χ1n) is 6.02. The Labute approximate surface area is 129 Å². The summed E-state index contributed by atoms with van der Waals surface area (Å²) in [5.41, 5.74) is 3.99. The van der Waals surface area contributed by atoms with E-state index in [9.17, 15) is 5.11 Å². The van der Waals surface area contributed by atoms with Crippen molar-refractivity contribution in [2.75, 3.05) is 0 Å². The zero-order chi connectivity index (χ0) is 14.2. The summed E-state index contributed by atoms with van der Waals surface area (Å²) in [4.78, 5) is 0. The average Bonchev–Trinajstić information content (AvgIpc) is 2.59. The fourth-order valence-corrected chi connectivity index (χ4v) is 2.82. The van der Waals surface area contributed by atoms with Crippen LogP contribution >= 0.6 is 31.9 Å². The van der Waals surface area contributed by atoms with Crippen molar-refractivity contribution in [1.82, 2.24) is 9.78 Å². The number of nitrogens with zero attached hydrogens (tertiary/aromatic N) is 2. The topological polar surface area (TPSA) is 38.1 Å². The van der Waals surface area contributed by atoms with E-state index in [4.69, 9.17) is 0 Å². The first-order chi connectivity index (χ1) is 8.90. The molecule has 19 heavy (non-hydrogen) atoms. The SMILES string of the molecule is Cc1cc(C(O)Cc2c(Br)c(C)nn2C)ccc1Br. The molecule has 0 radical (unpaired) electrons. The monoisotopic (exact) mass is 386 g/mol. The van der Waals surface area contributed by atoms with Crippen LogP contribution in [0.5, 0.6) is 0 Å². The molecule has 1 aromatic heterocycles. The molecule has 0 spiro atoms. The number of aryl methyl sites for hydroxylation is 3. The number of hydrogen-bond donors (Lipinski definition) is 1. The number of hydrogen-bond acceptors (Lipinski definition) is 2. The molecule has 2 aromatic rings. The molecular formula is C14H16Br2N2O. The molecular weight excluding hydrogens is 372 g/mol. The fourth-order valence-electron chi connectivity index (χ4n) is 2.08. The summed E-state index contributed by atoms with van der Waals surface area (Å²) in [5, 5.41) is 14.7. The summed E-state index contributed by atoms with van der Waals surface area (Å²) in [6, 6.07) is 5.92. The highest BCUT2D eigenvalue weighted by Gasteiger charge is 2.16. The maximum absolute atomic E-state index is 10.4. The summed E-state index contributed by atoms with van der Waals surface area (Å²) in [6.07, 6.45) is 0.0109. The molecule has 0 aliphatic heterocycles. The summed E-state index contributed by atoms with van der Waals surface area (Å²) in [6.45, 7) is 3.97. The normalized spacial score (nSPS) is 12.7. The minimum absolute atomic E-state index is 0.530. The Morgan fingerprint density at radius 1 is 1.32 bits per heavy atom. The van der Waals surface area contributed by atoms with Crippen LogP contribution in [0.2, 0.25) is 0 Å². The van der Waals surface area contributed by atoms with Gasteiger partial charge in [-0.15, -0.1) is 0 Å². The minimum atomic E-state index is -0.530. The van der Waals surface area contributed by atoms with Gasteiger partial charge in [-0.05, 0) is 47.0 Å². The molecule has 0 amide bonds. The van der Waals surface area contributed by atoms with E-state index in [2.05, 4.69) is 37.0 Å². The Morgan fingerprint density at radius 2 is 2.00 bits per heavy atom. The average molecular weight is 388 g/mol. The van der Waals surface area contributed by atoms with Gasteiger partial charge < -0.3 is 5.11 Å². The molecule has 0 bridgehead atoms. The largest absolute Gasteiger partial charge is 0.388 e. The van der Waals surface area contributed by atoms with Crippen LogP contribution in [-0.2, 0) is 13.5 Å². The molecule has 0 saturated heterocycles. The number of halogens is 2. The maximum atomic E-state index is 10.4.